The fourth-order valence-electron chi connectivity index (χ4n) is 6.53. The molecule has 2 aliphatic heterocycles. The maximum atomic E-state index is 14.1. The van der Waals surface area contributed by atoms with E-state index in [2.05, 4.69) is 0 Å². The number of aliphatic hydroxyl groups excluding tert-OH is 2. The third-order valence-electron chi connectivity index (χ3n) is 8.97. The standard InChI is InChI=1S/C30H35F6N3O5/c1-17-12-22(42)4-5-23(17)25-24-16-28(6-10-40,7-11-41)26(43)38(24)8-9-39(25)27(44)37(3)18(2)19-13-20(29(31,32)33)15-21(14-19)30(34,35)36/h4-5,12-15,18,24-25,40-42H,6-11,16H2,1-3H3. The highest BCUT2D eigenvalue weighted by atomic mass is 19.4. The monoisotopic (exact) mass is 631 g/mol. The minimum atomic E-state index is -5.05. The fraction of sp³-hybridized carbons (Fsp3) is 0.533. The van der Waals surface area contributed by atoms with E-state index < -0.39 is 53.1 Å². The van der Waals surface area contributed by atoms with Gasteiger partial charge in [0.2, 0.25) is 5.91 Å². The van der Waals surface area contributed by atoms with Crippen molar-refractivity contribution < 1.29 is 51.3 Å². The molecule has 0 bridgehead atoms. The maximum Gasteiger partial charge on any atom is 0.416 e. The molecule has 8 nitrogen and oxygen atoms in total. The topological polar surface area (TPSA) is 105 Å². The Morgan fingerprint density at radius 3 is 2.07 bits per heavy atom. The molecule has 2 fully saturated rings. The smallest absolute Gasteiger partial charge is 0.416 e. The number of urea groups is 1. The molecule has 2 heterocycles. The molecule has 242 valence electrons. The largest absolute Gasteiger partial charge is 0.508 e. The number of halogens is 6. The Kier molecular flexibility index (Phi) is 9.19. The Labute approximate surface area is 250 Å². The summed E-state index contributed by atoms with van der Waals surface area (Å²) in [6.07, 6.45) is -9.75. The summed E-state index contributed by atoms with van der Waals surface area (Å²) < 4.78 is 81.3. The van der Waals surface area contributed by atoms with Crippen molar-refractivity contribution in [3.63, 3.8) is 0 Å². The number of benzene rings is 2. The van der Waals surface area contributed by atoms with E-state index in [1.54, 1.807) is 17.9 Å². The Balaban J connectivity index is 1.76. The molecule has 3 unspecified atom stereocenters. The van der Waals surface area contributed by atoms with E-state index in [1.165, 1.54) is 31.0 Å². The van der Waals surface area contributed by atoms with Crippen molar-refractivity contribution in [2.24, 2.45) is 5.41 Å². The number of aliphatic hydroxyl groups is 2. The maximum absolute atomic E-state index is 14.1. The van der Waals surface area contributed by atoms with E-state index in [-0.39, 0.29) is 68.9 Å². The van der Waals surface area contributed by atoms with Gasteiger partial charge in [-0.2, -0.15) is 26.3 Å². The van der Waals surface area contributed by atoms with Crippen LogP contribution in [0.2, 0.25) is 0 Å². The van der Waals surface area contributed by atoms with Crippen molar-refractivity contribution in [2.45, 2.75) is 63.6 Å². The summed E-state index contributed by atoms with van der Waals surface area (Å²) in [6, 6.07) is 2.41. The average Bonchev–Trinajstić information content (AvgIpc) is 3.21. The molecule has 3 amide bonds. The van der Waals surface area contributed by atoms with Gasteiger partial charge in [0, 0.05) is 33.4 Å². The lowest BCUT2D eigenvalue weighted by molar-refractivity contribution is -0.143. The quantitative estimate of drug-likeness (QED) is 0.362. The lowest BCUT2D eigenvalue weighted by atomic mass is 9.77. The first-order valence-corrected chi connectivity index (χ1v) is 14.1. The third-order valence-corrected chi connectivity index (χ3v) is 8.97. The molecule has 2 aromatic rings. The van der Waals surface area contributed by atoms with Gasteiger partial charge in [0.05, 0.1) is 34.7 Å². The summed E-state index contributed by atoms with van der Waals surface area (Å²) in [5, 5.41) is 29.6. The highest BCUT2D eigenvalue weighted by molar-refractivity contribution is 5.86. The molecule has 2 aromatic carbocycles. The summed E-state index contributed by atoms with van der Waals surface area (Å²) >= 11 is 0. The van der Waals surface area contributed by atoms with E-state index in [0.717, 1.165) is 4.90 Å². The molecule has 0 saturated carbocycles. The molecule has 0 aliphatic carbocycles. The number of phenols is 1. The number of amides is 3. The molecular weight excluding hydrogens is 596 g/mol. The Hall–Kier alpha value is -3.52. The lowest BCUT2D eigenvalue weighted by Crippen LogP contribution is -2.57. The Bertz CT molecular complexity index is 1360. The number of aromatic hydroxyl groups is 1. The van der Waals surface area contributed by atoms with Crippen LogP contribution in [0.3, 0.4) is 0 Å². The van der Waals surface area contributed by atoms with Crippen LogP contribution >= 0.6 is 0 Å². The molecule has 44 heavy (non-hydrogen) atoms. The number of aryl methyl sites for hydroxylation is 1. The second-order valence-corrected chi connectivity index (χ2v) is 11.6. The molecular formula is C30H35F6N3O5. The number of carbonyl (C=O) groups excluding carboxylic acids is 2. The van der Waals surface area contributed by atoms with Gasteiger partial charge in [-0.25, -0.2) is 4.79 Å². The van der Waals surface area contributed by atoms with E-state index >= 15 is 0 Å². The van der Waals surface area contributed by atoms with Crippen LogP contribution in [0.25, 0.3) is 0 Å². The fourth-order valence-corrected chi connectivity index (χ4v) is 6.53. The number of hydrogen-bond acceptors (Lipinski definition) is 5. The SMILES string of the molecule is Cc1cc(O)ccc1C1C2CC(CCO)(CCO)C(=O)N2CCN1C(=O)N(C)C(C)c1cc(C(F)(F)F)cc(C(F)(F)F)c1. The summed E-state index contributed by atoms with van der Waals surface area (Å²) in [4.78, 5) is 31.9. The molecule has 4 rings (SSSR count). The highest BCUT2D eigenvalue weighted by Crippen LogP contribution is 2.49. The number of hydrogen-bond donors (Lipinski definition) is 3. The molecule has 0 aromatic heterocycles. The summed E-state index contributed by atoms with van der Waals surface area (Å²) in [5.74, 6) is -0.311. The van der Waals surface area contributed by atoms with Gasteiger partial charge in [-0.3, -0.25) is 4.79 Å². The molecule has 2 saturated heterocycles. The molecule has 14 heteroatoms. The van der Waals surface area contributed by atoms with Gasteiger partial charge in [-0.05, 0) is 80.1 Å². The first-order chi connectivity index (χ1) is 20.4. The zero-order chi connectivity index (χ0) is 32.8. The van der Waals surface area contributed by atoms with Crippen molar-refractivity contribution in [1.29, 1.82) is 0 Å². The predicted octanol–water partition coefficient (Wildman–Crippen LogP) is 5.26. The lowest BCUT2D eigenvalue weighted by Gasteiger charge is -2.47. The van der Waals surface area contributed by atoms with E-state index in [0.29, 0.717) is 23.3 Å². The number of fused-ring (bicyclic) bond motifs is 1. The molecule has 2 aliphatic rings. The minimum absolute atomic E-state index is 0.00611. The first kappa shape index (κ1) is 33.4. The summed E-state index contributed by atoms with van der Waals surface area (Å²) in [6.45, 7) is 2.50. The van der Waals surface area contributed by atoms with Gasteiger partial charge in [-0.1, -0.05) is 6.07 Å². The highest BCUT2D eigenvalue weighted by Gasteiger charge is 2.56. The zero-order valence-corrected chi connectivity index (χ0v) is 24.4. The van der Waals surface area contributed by atoms with Crippen LogP contribution in [0.4, 0.5) is 31.1 Å². The van der Waals surface area contributed by atoms with Crippen molar-refractivity contribution >= 4 is 11.9 Å². The zero-order valence-electron chi connectivity index (χ0n) is 24.4. The van der Waals surface area contributed by atoms with Gasteiger partial charge in [0.1, 0.15) is 5.75 Å². The van der Waals surface area contributed by atoms with E-state index in [1.807, 2.05) is 0 Å². The third kappa shape index (κ3) is 6.19. The van der Waals surface area contributed by atoms with Crippen molar-refractivity contribution in [1.82, 2.24) is 14.7 Å². The van der Waals surface area contributed by atoms with Crippen molar-refractivity contribution in [2.75, 3.05) is 33.4 Å². The van der Waals surface area contributed by atoms with Gasteiger partial charge in [0.25, 0.3) is 0 Å². The number of piperazine rings is 1. The average molecular weight is 632 g/mol. The number of carbonyl (C=O) groups is 2. The van der Waals surface area contributed by atoms with Gasteiger partial charge in [-0.15, -0.1) is 0 Å². The second kappa shape index (κ2) is 12.1. The van der Waals surface area contributed by atoms with Crippen molar-refractivity contribution in [3.05, 3.63) is 64.2 Å². The summed E-state index contributed by atoms with van der Waals surface area (Å²) in [5.41, 5.74) is -3.25. The Morgan fingerprint density at radius 2 is 1.57 bits per heavy atom. The second-order valence-electron chi connectivity index (χ2n) is 11.6. The van der Waals surface area contributed by atoms with E-state index in [4.69, 9.17) is 0 Å². The molecule has 3 N–H and O–H groups in total. The van der Waals surface area contributed by atoms with Crippen LogP contribution in [-0.4, -0.2) is 81.4 Å². The van der Waals surface area contributed by atoms with Crippen molar-refractivity contribution in [3.8, 4) is 5.75 Å². The number of nitrogens with zero attached hydrogens (tertiary/aromatic N) is 3. The van der Waals surface area contributed by atoms with Gasteiger partial charge in [0.15, 0.2) is 0 Å². The van der Waals surface area contributed by atoms with Crippen LogP contribution in [0, 0.1) is 12.3 Å². The van der Waals surface area contributed by atoms with Crippen LogP contribution < -0.4 is 0 Å². The van der Waals surface area contributed by atoms with Crippen LogP contribution in [0.5, 0.6) is 5.75 Å². The summed E-state index contributed by atoms with van der Waals surface area (Å²) in [7, 11) is 1.29. The normalized spacial score (nSPS) is 20.9. The van der Waals surface area contributed by atoms with Crippen LogP contribution in [0.15, 0.2) is 36.4 Å². The van der Waals surface area contributed by atoms with Gasteiger partial charge >= 0.3 is 18.4 Å². The number of alkyl halides is 6. The molecule has 0 radical (unpaired) electrons. The first-order valence-electron chi connectivity index (χ1n) is 14.1. The number of phenolic OH excluding ortho intramolecular Hbond substituents is 1. The minimum Gasteiger partial charge on any atom is -0.508 e. The van der Waals surface area contributed by atoms with Gasteiger partial charge < -0.3 is 30.0 Å². The van der Waals surface area contributed by atoms with Crippen LogP contribution in [0.1, 0.15) is 66.1 Å². The molecule has 0 spiro atoms. The molecule has 3 atom stereocenters. The predicted molar refractivity (Wildman–Crippen MR) is 146 cm³/mol. The number of rotatable bonds is 7. The van der Waals surface area contributed by atoms with Crippen LogP contribution in [-0.2, 0) is 17.1 Å². The van der Waals surface area contributed by atoms with E-state index in [9.17, 15) is 51.3 Å². The Morgan fingerprint density at radius 1 is 1.00 bits per heavy atom.